The fraction of sp³-hybridized carbons (Fsp3) is 0.731. The van der Waals surface area contributed by atoms with Crippen molar-refractivity contribution in [2.45, 2.75) is 95.8 Å². The first-order valence-corrected chi connectivity index (χ1v) is 12.5. The van der Waals surface area contributed by atoms with Crippen LogP contribution in [0.4, 0.5) is 0 Å². The monoisotopic (exact) mass is 506 g/mol. The number of ether oxygens (including phenoxy) is 7. The smallest absolute Gasteiger partial charge is 0.305 e. The molecule has 0 N–H and O–H groups in total. The highest BCUT2D eigenvalue weighted by molar-refractivity contribution is 5.68. The molecule has 3 saturated heterocycles. The quantitative estimate of drug-likeness (QED) is 0.229. The lowest BCUT2D eigenvalue weighted by atomic mass is 9.71. The van der Waals surface area contributed by atoms with Gasteiger partial charge < -0.3 is 33.2 Å². The van der Waals surface area contributed by atoms with Crippen LogP contribution in [0.3, 0.4) is 0 Å². The first-order chi connectivity index (χ1) is 17.0. The van der Waals surface area contributed by atoms with E-state index in [1.165, 1.54) is 27.0 Å². The summed E-state index contributed by atoms with van der Waals surface area (Å²) in [6.07, 6.45) is 2.59. The topological polar surface area (TPSA) is 126 Å². The molecule has 0 radical (unpaired) electrons. The minimum atomic E-state index is -0.925. The Morgan fingerprint density at radius 1 is 1.00 bits per heavy atom. The van der Waals surface area contributed by atoms with Crippen LogP contribution in [0.25, 0.3) is 0 Å². The molecule has 0 aromatic heterocycles. The predicted molar refractivity (Wildman–Crippen MR) is 122 cm³/mol. The van der Waals surface area contributed by atoms with Gasteiger partial charge in [-0.15, -0.1) is 0 Å². The van der Waals surface area contributed by atoms with Crippen LogP contribution in [0.1, 0.15) is 53.9 Å². The van der Waals surface area contributed by atoms with E-state index < -0.39 is 42.0 Å². The third-order valence-corrected chi connectivity index (χ3v) is 7.66. The summed E-state index contributed by atoms with van der Waals surface area (Å²) in [7, 11) is 0. The van der Waals surface area contributed by atoms with Crippen LogP contribution in [0, 0.1) is 11.8 Å². The number of fused-ring (bicyclic) bond motifs is 4. The van der Waals surface area contributed by atoms with Crippen molar-refractivity contribution < 1.29 is 47.5 Å². The standard InChI is InChI=1S/C26H34O10/c1-13(2)8-19(33-14(3)27)22(34-15(4)28)18-10-30-24(35-16(5)29)21-17(18)6-7-25(11-31-25)23-20(36-23)9-26(21)12-32-26/h8,10,17,19-24H,6-7,9,11-12H2,1-5H3/t17-,19+,20-,21?,22-,23+,24?,25-,26-/m1/s1. The number of carbonyl (C=O) groups is 3. The number of esters is 3. The molecular formula is C26H34O10. The zero-order valence-corrected chi connectivity index (χ0v) is 21.3. The van der Waals surface area contributed by atoms with Gasteiger partial charge >= 0.3 is 17.9 Å². The molecule has 0 aromatic carbocycles. The van der Waals surface area contributed by atoms with Crippen LogP contribution < -0.4 is 0 Å². The molecule has 0 bridgehead atoms. The van der Waals surface area contributed by atoms with Gasteiger partial charge in [0.2, 0.25) is 6.29 Å². The zero-order valence-electron chi connectivity index (χ0n) is 21.3. The summed E-state index contributed by atoms with van der Waals surface area (Å²) in [5, 5.41) is 0. The van der Waals surface area contributed by atoms with Crippen molar-refractivity contribution in [1.29, 1.82) is 0 Å². The largest absolute Gasteiger partial charge is 0.462 e. The first kappa shape index (κ1) is 25.2. The van der Waals surface area contributed by atoms with Crippen molar-refractivity contribution in [3.63, 3.8) is 0 Å². The van der Waals surface area contributed by atoms with E-state index >= 15 is 0 Å². The maximum Gasteiger partial charge on any atom is 0.305 e. The Balaban J connectivity index is 1.56. The van der Waals surface area contributed by atoms with Gasteiger partial charge in [0, 0.05) is 32.8 Å². The summed E-state index contributed by atoms with van der Waals surface area (Å²) in [6, 6.07) is 0. The van der Waals surface area contributed by atoms with E-state index in [9.17, 15) is 14.4 Å². The van der Waals surface area contributed by atoms with Gasteiger partial charge in [-0.05, 0) is 38.7 Å². The lowest BCUT2D eigenvalue weighted by Crippen LogP contribution is -2.50. The second kappa shape index (κ2) is 9.15. The molecule has 1 aliphatic carbocycles. The van der Waals surface area contributed by atoms with Crippen LogP contribution in [0.5, 0.6) is 0 Å². The minimum Gasteiger partial charge on any atom is -0.462 e. The fourth-order valence-corrected chi connectivity index (χ4v) is 6.01. The summed E-state index contributed by atoms with van der Waals surface area (Å²) in [4.78, 5) is 36.2. The molecule has 4 aliphatic heterocycles. The van der Waals surface area contributed by atoms with E-state index in [0.29, 0.717) is 38.0 Å². The van der Waals surface area contributed by atoms with Crippen LogP contribution in [0.15, 0.2) is 23.5 Å². The summed E-state index contributed by atoms with van der Waals surface area (Å²) >= 11 is 0. The Bertz CT molecular complexity index is 987. The van der Waals surface area contributed by atoms with Crippen LogP contribution in [-0.2, 0) is 47.5 Å². The predicted octanol–water partition coefficient (Wildman–Crippen LogP) is 2.34. The van der Waals surface area contributed by atoms with Gasteiger partial charge in [-0.2, -0.15) is 0 Å². The van der Waals surface area contributed by atoms with E-state index in [0.717, 1.165) is 5.57 Å². The second-order valence-electron chi connectivity index (χ2n) is 10.8. The maximum absolute atomic E-state index is 12.2. The molecule has 4 heterocycles. The molecule has 9 atom stereocenters. The van der Waals surface area contributed by atoms with E-state index in [1.807, 2.05) is 13.8 Å². The number of carbonyl (C=O) groups excluding carboxylic acids is 3. The second-order valence-corrected chi connectivity index (χ2v) is 10.8. The normalized spacial score (nSPS) is 39.4. The summed E-state index contributed by atoms with van der Waals surface area (Å²) < 4.78 is 41.0. The van der Waals surface area contributed by atoms with Crippen LogP contribution >= 0.6 is 0 Å². The van der Waals surface area contributed by atoms with Gasteiger partial charge in [-0.3, -0.25) is 14.4 Å². The molecule has 4 fully saturated rings. The van der Waals surface area contributed by atoms with Crippen molar-refractivity contribution in [1.82, 2.24) is 0 Å². The van der Waals surface area contributed by atoms with Gasteiger partial charge in [0.25, 0.3) is 0 Å². The average molecular weight is 507 g/mol. The number of rotatable bonds is 6. The molecule has 2 spiro atoms. The highest BCUT2D eigenvalue weighted by Crippen LogP contribution is 2.59. The minimum absolute atomic E-state index is 0.00446. The van der Waals surface area contributed by atoms with Gasteiger partial charge in [-0.1, -0.05) is 5.57 Å². The van der Waals surface area contributed by atoms with E-state index in [2.05, 4.69) is 0 Å². The Morgan fingerprint density at radius 3 is 2.22 bits per heavy atom. The molecule has 2 unspecified atom stereocenters. The fourth-order valence-electron chi connectivity index (χ4n) is 6.01. The van der Waals surface area contributed by atoms with E-state index in [4.69, 9.17) is 33.2 Å². The third kappa shape index (κ3) is 4.90. The highest BCUT2D eigenvalue weighted by atomic mass is 16.7. The Kier molecular flexibility index (Phi) is 6.41. The molecule has 1 saturated carbocycles. The number of epoxide rings is 3. The molecule has 10 heteroatoms. The number of hydrogen-bond acceptors (Lipinski definition) is 10. The van der Waals surface area contributed by atoms with Crippen molar-refractivity contribution in [2.75, 3.05) is 13.2 Å². The lowest BCUT2D eigenvalue weighted by Gasteiger charge is -2.43. The van der Waals surface area contributed by atoms with Gasteiger partial charge in [0.1, 0.15) is 17.3 Å². The lowest BCUT2D eigenvalue weighted by molar-refractivity contribution is -0.194. The molecule has 198 valence electrons. The maximum atomic E-state index is 12.2. The molecule has 36 heavy (non-hydrogen) atoms. The SMILES string of the molecule is CC(=O)OC1OC=C([C@@H](OC(C)=O)[C@H](C=C(C)C)OC(C)=O)[C@H]2CC[C@@]3(CO3)[C@H]3O[C@@H]3C[C@@]3(CO3)C12. The summed E-state index contributed by atoms with van der Waals surface area (Å²) in [5.41, 5.74) is 0.606. The van der Waals surface area contributed by atoms with Gasteiger partial charge in [0.05, 0.1) is 31.5 Å². The van der Waals surface area contributed by atoms with Crippen LogP contribution in [-0.4, -0.2) is 73.0 Å². The zero-order chi connectivity index (χ0) is 25.8. The molecule has 5 aliphatic rings. The summed E-state index contributed by atoms with van der Waals surface area (Å²) in [5.74, 6) is -2.11. The van der Waals surface area contributed by atoms with Gasteiger partial charge in [0.15, 0.2) is 12.2 Å². The van der Waals surface area contributed by atoms with Crippen molar-refractivity contribution >= 4 is 17.9 Å². The van der Waals surface area contributed by atoms with E-state index in [-0.39, 0.29) is 29.6 Å². The highest BCUT2D eigenvalue weighted by Gasteiger charge is 2.70. The molecule has 0 amide bonds. The Labute approximate surface area is 210 Å². The molecule has 0 aromatic rings. The van der Waals surface area contributed by atoms with Crippen LogP contribution in [0.2, 0.25) is 0 Å². The Hall–Kier alpha value is -2.43. The van der Waals surface area contributed by atoms with Gasteiger partial charge in [-0.25, -0.2) is 0 Å². The van der Waals surface area contributed by atoms with Crippen molar-refractivity contribution in [3.8, 4) is 0 Å². The molecule has 5 rings (SSSR count). The average Bonchev–Trinajstić information content (AvgIpc) is 3.64. The summed E-state index contributed by atoms with van der Waals surface area (Å²) in [6.45, 7) is 8.82. The van der Waals surface area contributed by atoms with Crippen molar-refractivity contribution in [3.05, 3.63) is 23.5 Å². The molecule has 10 nitrogen and oxygen atoms in total. The molecular weight excluding hydrogens is 472 g/mol. The van der Waals surface area contributed by atoms with E-state index in [1.54, 1.807) is 6.08 Å². The first-order valence-electron chi connectivity index (χ1n) is 12.5. The number of hydrogen-bond donors (Lipinski definition) is 0. The Morgan fingerprint density at radius 2 is 1.67 bits per heavy atom. The number of allylic oxidation sites excluding steroid dienone is 1. The van der Waals surface area contributed by atoms with Crippen molar-refractivity contribution in [2.24, 2.45) is 11.8 Å². The third-order valence-electron chi connectivity index (χ3n) is 7.66.